The fraction of sp³-hybridized carbons (Fsp3) is 0.389. The third kappa shape index (κ3) is 2.60. The maximum atomic E-state index is 11.5. The average Bonchev–Trinajstić information content (AvgIpc) is 2.46. The van der Waals surface area contributed by atoms with E-state index in [1.54, 1.807) is 17.7 Å². The summed E-state index contributed by atoms with van der Waals surface area (Å²) >= 11 is 0. The summed E-state index contributed by atoms with van der Waals surface area (Å²) < 4.78 is 1.61. The average molecular weight is 282 g/mol. The van der Waals surface area contributed by atoms with E-state index >= 15 is 0 Å². The molecule has 21 heavy (non-hydrogen) atoms. The van der Waals surface area contributed by atoms with Crippen molar-refractivity contribution >= 4 is 5.69 Å². The van der Waals surface area contributed by atoms with Gasteiger partial charge in [-0.05, 0) is 35.4 Å². The van der Waals surface area contributed by atoms with Crippen molar-refractivity contribution in [3.05, 3.63) is 64.1 Å². The van der Waals surface area contributed by atoms with Gasteiger partial charge in [0.15, 0.2) is 0 Å². The minimum atomic E-state index is 0.0192. The Bertz CT molecular complexity index is 715. The molecule has 110 valence electrons. The molecule has 3 heteroatoms. The molecule has 0 saturated carbocycles. The van der Waals surface area contributed by atoms with Crippen molar-refractivity contribution in [1.29, 1.82) is 0 Å². The minimum absolute atomic E-state index is 0.0192. The first kappa shape index (κ1) is 13.9. The monoisotopic (exact) mass is 282 g/mol. The van der Waals surface area contributed by atoms with E-state index in [1.807, 2.05) is 12.3 Å². The summed E-state index contributed by atoms with van der Waals surface area (Å²) in [6.07, 6.45) is 4.13. The van der Waals surface area contributed by atoms with Gasteiger partial charge in [0, 0.05) is 19.3 Å². The van der Waals surface area contributed by atoms with Gasteiger partial charge in [-0.25, -0.2) is 0 Å². The van der Waals surface area contributed by atoms with Crippen LogP contribution in [-0.4, -0.2) is 4.57 Å². The summed E-state index contributed by atoms with van der Waals surface area (Å²) in [6, 6.07) is 12.5. The quantitative estimate of drug-likeness (QED) is 0.913. The second kappa shape index (κ2) is 5.06. The van der Waals surface area contributed by atoms with E-state index < -0.39 is 0 Å². The molecule has 1 aliphatic carbocycles. The molecule has 2 aromatic rings. The van der Waals surface area contributed by atoms with Crippen molar-refractivity contribution in [3.63, 3.8) is 0 Å². The first-order valence-corrected chi connectivity index (χ1v) is 7.50. The largest absolute Gasteiger partial charge is 0.377 e. The van der Waals surface area contributed by atoms with Crippen molar-refractivity contribution in [2.24, 2.45) is 7.05 Å². The van der Waals surface area contributed by atoms with Crippen LogP contribution in [0.2, 0.25) is 0 Å². The van der Waals surface area contributed by atoms with Gasteiger partial charge in [-0.1, -0.05) is 38.1 Å². The molecule has 0 fully saturated rings. The number of hydrogen-bond acceptors (Lipinski definition) is 2. The molecule has 0 spiro atoms. The van der Waals surface area contributed by atoms with E-state index in [0.717, 1.165) is 18.5 Å². The number of fused-ring (bicyclic) bond motifs is 1. The standard InChI is InChI=1S/C18H22N2O/c1-18(2)11-10-16(14-6-4-5-7-15(14)18)19-13-8-9-17(21)20(3)12-13/h4-9,12,16,19H,10-11H2,1-3H3. The maximum absolute atomic E-state index is 11.5. The van der Waals surface area contributed by atoms with Gasteiger partial charge in [0.2, 0.25) is 5.56 Å². The van der Waals surface area contributed by atoms with Crippen LogP contribution >= 0.6 is 0 Å². The zero-order valence-electron chi connectivity index (χ0n) is 12.9. The number of benzene rings is 1. The molecular formula is C18H22N2O. The molecule has 1 atom stereocenters. The Kier molecular flexibility index (Phi) is 3.36. The molecule has 3 nitrogen and oxygen atoms in total. The molecule has 0 aliphatic heterocycles. The Balaban J connectivity index is 1.93. The highest BCUT2D eigenvalue weighted by Crippen LogP contribution is 2.42. The molecular weight excluding hydrogens is 260 g/mol. The summed E-state index contributed by atoms with van der Waals surface area (Å²) in [6.45, 7) is 4.63. The topological polar surface area (TPSA) is 34.0 Å². The van der Waals surface area contributed by atoms with Crippen LogP contribution in [0.5, 0.6) is 0 Å². The van der Waals surface area contributed by atoms with Gasteiger partial charge >= 0.3 is 0 Å². The number of rotatable bonds is 2. The van der Waals surface area contributed by atoms with Crippen LogP contribution in [0.4, 0.5) is 5.69 Å². The molecule has 1 unspecified atom stereocenters. The van der Waals surface area contributed by atoms with E-state index in [9.17, 15) is 4.79 Å². The summed E-state index contributed by atoms with van der Waals surface area (Å²) in [7, 11) is 1.78. The Morgan fingerprint density at radius 2 is 1.95 bits per heavy atom. The van der Waals surface area contributed by atoms with E-state index in [4.69, 9.17) is 0 Å². The fourth-order valence-electron chi connectivity index (χ4n) is 3.24. The number of nitrogens with one attached hydrogen (secondary N) is 1. The number of nitrogens with zero attached hydrogens (tertiary/aromatic N) is 1. The van der Waals surface area contributed by atoms with Crippen molar-refractivity contribution in [2.75, 3.05) is 5.32 Å². The van der Waals surface area contributed by atoms with Crippen LogP contribution in [-0.2, 0) is 12.5 Å². The molecule has 1 N–H and O–H groups in total. The van der Waals surface area contributed by atoms with Gasteiger partial charge < -0.3 is 9.88 Å². The van der Waals surface area contributed by atoms with Crippen LogP contribution in [0.1, 0.15) is 43.9 Å². The predicted octanol–water partition coefficient (Wildman–Crippen LogP) is 3.61. The highest BCUT2D eigenvalue weighted by molar-refractivity contribution is 5.47. The lowest BCUT2D eigenvalue weighted by Gasteiger charge is -2.37. The third-order valence-corrected chi connectivity index (χ3v) is 4.55. The zero-order valence-corrected chi connectivity index (χ0v) is 12.9. The Labute approximate surface area is 125 Å². The molecule has 3 rings (SSSR count). The molecule has 0 radical (unpaired) electrons. The van der Waals surface area contributed by atoms with Gasteiger partial charge in [-0.3, -0.25) is 4.79 Å². The molecule has 0 amide bonds. The summed E-state index contributed by atoms with van der Waals surface area (Å²) in [5, 5.41) is 3.58. The van der Waals surface area contributed by atoms with Crippen LogP contribution in [0, 0.1) is 0 Å². The first-order valence-electron chi connectivity index (χ1n) is 7.50. The van der Waals surface area contributed by atoms with E-state index in [1.165, 1.54) is 11.1 Å². The SMILES string of the molecule is Cn1cc(NC2CCC(C)(C)c3ccccc32)ccc1=O. The van der Waals surface area contributed by atoms with E-state index in [0.29, 0.717) is 6.04 Å². The van der Waals surface area contributed by atoms with Crippen molar-refractivity contribution in [2.45, 2.75) is 38.1 Å². The Hall–Kier alpha value is -2.03. The van der Waals surface area contributed by atoms with E-state index in [-0.39, 0.29) is 11.0 Å². The van der Waals surface area contributed by atoms with Gasteiger partial charge in [-0.2, -0.15) is 0 Å². The van der Waals surface area contributed by atoms with Crippen LogP contribution < -0.4 is 10.9 Å². The van der Waals surface area contributed by atoms with Gasteiger partial charge in [-0.15, -0.1) is 0 Å². The molecule has 0 saturated heterocycles. The second-order valence-corrected chi connectivity index (χ2v) is 6.57. The summed E-state index contributed by atoms with van der Waals surface area (Å²) in [5.41, 5.74) is 4.06. The second-order valence-electron chi connectivity index (χ2n) is 6.57. The lowest BCUT2D eigenvalue weighted by Crippen LogP contribution is -2.29. The maximum Gasteiger partial charge on any atom is 0.250 e. The first-order chi connectivity index (χ1) is 9.97. The highest BCUT2D eigenvalue weighted by Gasteiger charge is 2.32. The van der Waals surface area contributed by atoms with Gasteiger partial charge in [0.25, 0.3) is 0 Å². The molecule has 0 bridgehead atoms. The number of aromatic nitrogens is 1. The smallest absolute Gasteiger partial charge is 0.250 e. The number of anilines is 1. The normalized spacial score (nSPS) is 19.9. The van der Waals surface area contributed by atoms with Crippen LogP contribution in [0.25, 0.3) is 0 Å². The Morgan fingerprint density at radius 1 is 1.19 bits per heavy atom. The van der Waals surface area contributed by atoms with Crippen molar-refractivity contribution in [1.82, 2.24) is 4.57 Å². The summed E-state index contributed by atoms with van der Waals surface area (Å²) in [4.78, 5) is 11.5. The zero-order chi connectivity index (χ0) is 15.0. The number of aryl methyl sites for hydroxylation is 1. The van der Waals surface area contributed by atoms with Crippen molar-refractivity contribution in [3.8, 4) is 0 Å². The lowest BCUT2D eigenvalue weighted by molar-refractivity contribution is 0.406. The predicted molar refractivity (Wildman–Crippen MR) is 86.7 cm³/mol. The number of hydrogen-bond donors (Lipinski definition) is 1. The number of pyridine rings is 1. The van der Waals surface area contributed by atoms with Crippen LogP contribution in [0.3, 0.4) is 0 Å². The Morgan fingerprint density at radius 3 is 2.71 bits per heavy atom. The minimum Gasteiger partial charge on any atom is -0.377 e. The highest BCUT2D eigenvalue weighted by atomic mass is 16.1. The molecule has 1 aliphatic rings. The fourth-order valence-corrected chi connectivity index (χ4v) is 3.24. The molecule has 1 aromatic carbocycles. The van der Waals surface area contributed by atoms with E-state index in [2.05, 4.69) is 43.4 Å². The van der Waals surface area contributed by atoms with Gasteiger partial charge in [0.1, 0.15) is 0 Å². The molecule has 1 aromatic heterocycles. The summed E-state index contributed by atoms with van der Waals surface area (Å²) in [5.74, 6) is 0. The molecule has 1 heterocycles. The third-order valence-electron chi connectivity index (χ3n) is 4.55. The lowest BCUT2D eigenvalue weighted by atomic mass is 9.71. The van der Waals surface area contributed by atoms with Crippen molar-refractivity contribution < 1.29 is 0 Å². The van der Waals surface area contributed by atoms with Crippen LogP contribution in [0.15, 0.2) is 47.4 Å². The van der Waals surface area contributed by atoms with Gasteiger partial charge in [0.05, 0.1) is 11.7 Å².